The molecule has 0 atom stereocenters. The number of ether oxygens (including phenoxy) is 1. The molecular weight excluding hydrogens is 400 g/mol. The van der Waals surface area contributed by atoms with Gasteiger partial charge in [-0.15, -0.1) is 0 Å². The van der Waals surface area contributed by atoms with Gasteiger partial charge in [-0.1, -0.05) is 17.7 Å². The lowest BCUT2D eigenvalue weighted by molar-refractivity contribution is 0.147. The minimum absolute atomic E-state index is 0.139. The Labute approximate surface area is 179 Å². The average Bonchev–Trinajstić information content (AvgIpc) is 3.13. The zero-order chi connectivity index (χ0) is 21.8. The Morgan fingerprint density at radius 3 is 2.87 bits per heavy atom. The second-order valence-corrected chi connectivity index (χ2v) is 7.52. The van der Waals surface area contributed by atoms with Crippen LogP contribution in [0, 0.1) is 10.8 Å². The molecule has 0 saturated heterocycles. The number of nitrogens with zero attached hydrogens (tertiary/aromatic N) is 3. The molecule has 1 aromatic carbocycles. The summed E-state index contributed by atoms with van der Waals surface area (Å²) in [4.78, 5) is 10.1. The lowest BCUT2D eigenvalue weighted by Gasteiger charge is -2.26. The molecule has 0 radical (unpaired) electrons. The van der Waals surface area contributed by atoms with Crippen molar-refractivity contribution in [2.24, 2.45) is 4.99 Å². The van der Waals surface area contributed by atoms with E-state index in [1.54, 1.807) is 23.2 Å². The van der Waals surface area contributed by atoms with E-state index in [-0.39, 0.29) is 12.1 Å². The third-order valence-corrected chi connectivity index (χ3v) is 5.28. The van der Waals surface area contributed by atoms with Crippen molar-refractivity contribution >= 4 is 29.1 Å². The monoisotopic (exact) mass is 423 g/mol. The Morgan fingerprint density at radius 2 is 2.03 bits per heavy atom. The maximum absolute atomic E-state index is 13.1. The van der Waals surface area contributed by atoms with Crippen LogP contribution in [0.3, 0.4) is 0 Å². The molecule has 0 aliphatic carbocycles. The van der Waals surface area contributed by atoms with Crippen LogP contribution in [0.4, 0.5) is 20.2 Å². The molecule has 0 fully saturated rings. The fourth-order valence-electron chi connectivity index (χ4n) is 3.67. The summed E-state index contributed by atoms with van der Waals surface area (Å²) in [6, 6.07) is 6.84. The van der Waals surface area contributed by atoms with Crippen LogP contribution in [0.1, 0.15) is 31.3 Å². The molecule has 3 heterocycles. The predicted octanol–water partition coefficient (Wildman–Crippen LogP) is 5.33. The molecule has 4 rings (SSSR count). The predicted molar refractivity (Wildman–Crippen MR) is 118 cm³/mol. The fraction of sp³-hybridized carbons (Fsp3) is 0.304. The minimum atomic E-state index is -2.60. The number of fused-ring (bicyclic) bond motifs is 1. The number of nitrogens with one attached hydrogen (secondary N) is 2. The normalized spacial score (nSPS) is 16.5. The van der Waals surface area contributed by atoms with E-state index in [1.807, 2.05) is 6.07 Å². The number of anilines is 1. The highest BCUT2D eigenvalue weighted by Crippen LogP contribution is 2.36. The molecule has 0 bridgehead atoms. The van der Waals surface area contributed by atoms with Gasteiger partial charge in [0.15, 0.2) is 0 Å². The number of halogens is 2. The highest BCUT2D eigenvalue weighted by Gasteiger charge is 2.22. The van der Waals surface area contributed by atoms with E-state index in [1.165, 1.54) is 12.3 Å². The highest BCUT2D eigenvalue weighted by molar-refractivity contribution is 6.33. The number of aliphatic imine (C=N–C) groups is 1. The van der Waals surface area contributed by atoms with Crippen molar-refractivity contribution in [1.29, 1.82) is 10.8 Å². The topological polar surface area (TPSA) is 85.4 Å². The van der Waals surface area contributed by atoms with Gasteiger partial charge in [-0.2, -0.15) is 0 Å². The molecule has 0 amide bonds. The van der Waals surface area contributed by atoms with Crippen LogP contribution in [0.15, 0.2) is 53.3 Å². The molecule has 2 N–H and O–H groups in total. The fourth-order valence-corrected chi connectivity index (χ4v) is 3.67. The van der Waals surface area contributed by atoms with Gasteiger partial charge in [0.1, 0.15) is 5.84 Å². The summed E-state index contributed by atoms with van der Waals surface area (Å²) in [5, 5.41) is 16.9. The Kier molecular flexibility index (Phi) is 6.27. The van der Waals surface area contributed by atoms with Crippen molar-refractivity contribution in [3.63, 3.8) is 0 Å². The van der Waals surface area contributed by atoms with Gasteiger partial charge >= 0.3 is 0 Å². The van der Waals surface area contributed by atoms with E-state index in [4.69, 9.17) is 15.6 Å². The smallest absolute Gasteiger partial charge is 0.265 e. The van der Waals surface area contributed by atoms with Gasteiger partial charge in [0.2, 0.25) is 0 Å². The number of benzene rings is 1. The Morgan fingerprint density at radius 1 is 1.16 bits per heavy atom. The zero-order valence-corrected chi connectivity index (χ0v) is 16.9. The van der Waals surface area contributed by atoms with Gasteiger partial charge in [0, 0.05) is 29.9 Å². The molecule has 1 aromatic heterocycles. The summed E-state index contributed by atoms with van der Waals surface area (Å²) in [5.41, 5.74) is 3.88. The second-order valence-electron chi connectivity index (χ2n) is 7.52. The Hall–Kier alpha value is -3.26. The van der Waals surface area contributed by atoms with E-state index >= 15 is 0 Å². The van der Waals surface area contributed by atoms with Gasteiger partial charge in [-0.25, -0.2) is 8.78 Å². The van der Waals surface area contributed by atoms with Crippen LogP contribution >= 0.6 is 0 Å². The number of hydrogen-bond donors (Lipinski definition) is 2. The van der Waals surface area contributed by atoms with Crippen LogP contribution in [-0.2, 0) is 4.74 Å². The molecule has 160 valence electrons. The quantitative estimate of drug-likeness (QED) is 0.396. The Balaban J connectivity index is 1.68. The maximum Gasteiger partial charge on any atom is 0.265 e. The van der Waals surface area contributed by atoms with Crippen molar-refractivity contribution in [2.75, 3.05) is 24.7 Å². The summed E-state index contributed by atoms with van der Waals surface area (Å²) in [6.07, 6.45) is 5.79. The number of hydrogen-bond acceptors (Lipinski definition) is 5. The van der Waals surface area contributed by atoms with Crippen LogP contribution in [0.5, 0.6) is 0 Å². The minimum Gasteiger partial charge on any atom is -0.381 e. The van der Waals surface area contributed by atoms with E-state index < -0.39 is 6.43 Å². The van der Waals surface area contributed by atoms with Gasteiger partial charge in [0.25, 0.3) is 6.43 Å². The largest absolute Gasteiger partial charge is 0.381 e. The number of pyridine rings is 1. The van der Waals surface area contributed by atoms with Crippen LogP contribution in [0.25, 0.3) is 11.1 Å². The van der Waals surface area contributed by atoms with Crippen molar-refractivity contribution in [1.82, 2.24) is 4.98 Å². The number of rotatable bonds is 4. The molecular formula is C23H23F2N5O. The first-order chi connectivity index (χ1) is 15.0. The summed E-state index contributed by atoms with van der Waals surface area (Å²) < 4.78 is 31.7. The summed E-state index contributed by atoms with van der Waals surface area (Å²) in [5.74, 6) is 0.362. The second kappa shape index (κ2) is 9.26. The number of aromatic nitrogens is 1. The number of alkyl halides is 2. The molecule has 2 aromatic rings. The molecule has 2 aliphatic rings. The molecule has 0 unspecified atom stereocenters. The van der Waals surface area contributed by atoms with Crippen LogP contribution in [0.2, 0.25) is 0 Å². The third-order valence-electron chi connectivity index (χ3n) is 5.28. The van der Waals surface area contributed by atoms with Gasteiger partial charge in [-0.05, 0) is 36.6 Å². The highest BCUT2D eigenvalue weighted by atomic mass is 19.3. The summed E-state index contributed by atoms with van der Waals surface area (Å²) in [6.45, 7) is 1.56. The standard InChI is InChI=1S/C23H23F2N5O/c24-23(25)18-9-17(11-28-12-18)16-3-4-20-21(10-16)30(14-19(26)13-29-20)22(27)8-15-2-1-6-31-7-5-15/h2-4,9-13,23,26-27H,1,5-8,14H2. The lowest BCUT2D eigenvalue weighted by atomic mass is 10.0. The molecule has 6 nitrogen and oxygen atoms in total. The van der Waals surface area contributed by atoms with E-state index in [0.29, 0.717) is 53.7 Å². The molecule has 31 heavy (non-hydrogen) atoms. The SMILES string of the molecule is N=C1C=Nc2ccc(-c3cncc(C(F)F)c3)cc2N(C(=N)CC2=CCCOCC2)C1. The first kappa shape index (κ1) is 21.0. The van der Waals surface area contributed by atoms with Crippen LogP contribution in [-0.4, -0.2) is 42.5 Å². The third kappa shape index (κ3) is 4.91. The number of amidine groups is 1. The molecule has 8 heteroatoms. The van der Waals surface area contributed by atoms with E-state index in [2.05, 4.69) is 16.1 Å². The molecule has 0 spiro atoms. The molecule has 0 saturated carbocycles. The van der Waals surface area contributed by atoms with Gasteiger partial charge in [0.05, 0.1) is 43.1 Å². The van der Waals surface area contributed by atoms with Crippen LogP contribution < -0.4 is 4.90 Å². The summed E-state index contributed by atoms with van der Waals surface area (Å²) in [7, 11) is 0. The van der Waals surface area contributed by atoms with Crippen molar-refractivity contribution in [3.05, 3.63) is 53.9 Å². The molecule has 2 aliphatic heterocycles. The van der Waals surface area contributed by atoms with E-state index in [0.717, 1.165) is 24.6 Å². The lowest BCUT2D eigenvalue weighted by Crippen LogP contribution is -2.35. The van der Waals surface area contributed by atoms with E-state index in [9.17, 15) is 8.78 Å². The average molecular weight is 423 g/mol. The maximum atomic E-state index is 13.1. The zero-order valence-electron chi connectivity index (χ0n) is 16.9. The first-order valence-corrected chi connectivity index (χ1v) is 10.1. The Bertz CT molecular complexity index is 1060. The van der Waals surface area contributed by atoms with Crippen molar-refractivity contribution in [3.8, 4) is 11.1 Å². The van der Waals surface area contributed by atoms with Crippen molar-refractivity contribution < 1.29 is 13.5 Å². The van der Waals surface area contributed by atoms with Gasteiger partial charge < -0.3 is 15.0 Å². The van der Waals surface area contributed by atoms with Gasteiger partial charge in [-0.3, -0.25) is 15.4 Å². The first-order valence-electron chi connectivity index (χ1n) is 10.1. The summed E-state index contributed by atoms with van der Waals surface area (Å²) >= 11 is 0. The van der Waals surface area contributed by atoms with Crippen molar-refractivity contribution in [2.45, 2.75) is 25.7 Å².